The van der Waals surface area contributed by atoms with E-state index in [-0.39, 0.29) is 11.0 Å². The van der Waals surface area contributed by atoms with Crippen LogP contribution in [0.25, 0.3) is 0 Å². The summed E-state index contributed by atoms with van der Waals surface area (Å²) in [6, 6.07) is 5.99. The van der Waals surface area contributed by atoms with Crippen molar-refractivity contribution in [3.05, 3.63) is 29.8 Å². The van der Waals surface area contributed by atoms with Crippen LogP contribution in [0.2, 0.25) is 0 Å². The second-order valence-corrected chi connectivity index (χ2v) is 8.21. The van der Waals surface area contributed by atoms with Gasteiger partial charge in [0.15, 0.2) is 0 Å². The van der Waals surface area contributed by atoms with Gasteiger partial charge in [-0.1, -0.05) is 31.5 Å². The fourth-order valence-electron chi connectivity index (χ4n) is 3.70. The fourth-order valence-corrected chi connectivity index (χ4v) is 4.18. The minimum atomic E-state index is -4.02. The molecule has 118 valence electrons. The second-order valence-electron chi connectivity index (χ2n) is 6.79. The van der Waals surface area contributed by atoms with E-state index < -0.39 is 10.1 Å². The van der Waals surface area contributed by atoms with Crippen molar-refractivity contribution >= 4 is 10.1 Å². The van der Waals surface area contributed by atoms with Crippen LogP contribution in [0.3, 0.4) is 0 Å². The van der Waals surface area contributed by atoms with Crippen molar-refractivity contribution in [2.75, 3.05) is 0 Å². The Morgan fingerprint density at radius 3 is 2.00 bits per heavy atom. The van der Waals surface area contributed by atoms with Gasteiger partial charge in [0.1, 0.15) is 0 Å². The first kappa shape index (κ1) is 16.5. The Hall–Kier alpha value is -0.910. The molecule has 1 aromatic carbocycles. The van der Waals surface area contributed by atoms with Crippen LogP contribution in [-0.4, -0.2) is 24.2 Å². The van der Waals surface area contributed by atoms with E-state index in [1.165, 1.54) is 25.0 Å². The summed E-state index contributed by atoms with van der Waals surface area (Å²) < 4.78 is 29.6. The van der Waals surface area contributed by atoms with Crippen LogP contribution in [0.15, 0.2) is 29.2 Å². The van der Waals surface area contributed by atoms with Crippen LogP contribution in [-0.2, 0) is 10.1 Å². The number of hydrogen-bond acceptors (Lipinski definition) is 3. The second kappa shape index (κ2) is 5.71. The molecule has 0 aromatic heterocycles. The molecule has 4 nitrogen and oxygen atoms in total. The summed E-state index contributed by atoms with van der Waals surface area (Å²) in [5, 5.41) is 9.55. The van der Waals surface area contributed by atoms with Crippen LogP contribution >= 0.6 is 0 Å². The molecule has 21 heavy (non-hydrogen) atoms. The minimum absolute atomic E-state index is 0.0220. The first-order valence-corrected chi connectivity index (χ1v) is 8.78. The van der Waals surface area contributed by atoms with Gasteiger partial charge in [-0.2, -0.15) is 8.42 Å². The van der Waals surface area contributed by atoms with Crippen molar-refractivity contribution in [2.45, 2.75) is 51.0 Å². The summed E-state index contributed by atoms with van der Waals surface area (Å²) in [6.07, 6.45) is 3.71. The number of hydrogen-bond donors (Lipinski definition) is 2. The van der Waals surface area contributed by atoms with Crippen molar-refractivity contribution in [2.24, 2.45) is 17.3 Å². The lowest BCUT2D eigenvalue weighted by Crippen LogP contribution is -2.22. The highest BCUT2D eigenvalue weighted by atomic mass is 32.2. The highest BCUT2D eigenvalue weighted by molar-refractivity contribution is 7.85. The number of aryl methyl sites for hydroxylation is 1. The lowest BCUT2D eigenvalue weighted by atomic mass is 9.82. The number of aliphatic hydroxyl groups excluding tert-OH is 1. The highest BCUT2D eigenvalue weighted by Crippen LogP contribution is 2.57. The third-order valence-corrected chi connectivity index (χ3v) is 6.01. The monoisotopic (exact) mass is 312 g/mol. The minimum Gasteiger partial charge on any atom is -0.393 e. The lowest BCUT2D eigenvalue weighted by Gasteiger charge is -2.24. The summed E-state index contributed by atoms with van der Waals surface area (Å²) in [4.78, 5) is -0.0666. The quantitative estimate of drug-likeness (QED) is 0.782. The zero-order chi connectivity index (χ0) is 15.8. The molecule has 0 amide bonds. The van der Waals surface area contributed by atoms with E-state index in [0.29, 0.717) is 11.3 Å². The Morgan fingerprint density at radius 1 is 1.14 bits per heavy atom. The van der Waals surface area contributed by atoms with Crippen LogP contribution < -0.4 is 0 Å². The van der Waals surface area contributed by atoms with Gasteiger partial charge >= 0.3 is 0 Å². The predicted molar refractivity (Wildman–Crippen MR) is 81.6 cm³/mol. The maximum atomic E-state index is 10.5. The van der Waals surface area contributed by atoms with E-state index in [0.717, 1.165) is 17.9 Å². The number of rotatable bonds is 1. The third-order valence-electron chi connectivity index (χ3n) is 5.14. The van der Waals surface area contributed by atoms with Crippen LogP contribution in [0.5, 0.6) is 0 Å². The number of aliphatic hydroxyl groups is 1. The average Bonchev–Trinajstić information content (AvgIpc) is 2.76. The van der Waals surface area contributed by atoms with E-state index in [1.54, 1.807) is 12.1 Å². The lowest BCUT2D eigenvalue weighted by molar-refractivity contribution is 0.0949. The molecule has 0 saturated heterocycles. The fraction of sp³-hybridized carbons (Fsp3) is 0.625. The maximum absolute atomic E-state index is 10.5. The molecule has 3 unspecified atom stereocenters. The van der Waals surface area contributed by atoms with E-state index in [1.807, 2.05) is 6.92 Å². The van der Waals surface area contributed by atoms with Gasteiger partial charge in [0, 0.05) is 0 Å². The van der Waals surface area contributed by atoms with Crippen LogP contribution in [0.1, 0.15) is 38.7 Å². The first-order chi connectivity index (χ1) is 9.62. The molecule has 0 aliphatic heterocycles. The third kappa shape index (κ3) is 3.47. The van der Waals surface area contributed by atoms with Gasteiger partial charge in [-0.3, -0.25) is 4.55 Å². The van der Waals surface area contributed by atoms with Gasteiger partial charge in [0.05, 0.1) is 11.0 Å². The van der Waals surface area contributed by atoms with Gasteiger partial charge in [-0.15, -0.1) is 0 Å². The van der Waals surface area contributed by atoms with Crippen molar-refractivity contribution < 1.29 is 18.1 Å². The Morgan fingerprint density at radius 2 is 1.71 bits per heavy atom. The van der Waals surface area contributed by atoms with Crippen LogP contribution in [0, 0.1) is 24.2 Å². The van der Waals surface area contributed by atoms with Crippen molar-refractivity contribution in [3.8, 4) is 0 Å². The maximum Gasteiger partial charge on any atom is 0.294 e. The normalized spacial score (nSPS) is 29.9. The molecule has 0 heterocycles. The molecule has 2 fully saturated rings. The van der Waals surface area contributed by atoms with Gasteiger partial charge in [-0.25, -0.2) is 0 Å². The molecule has 2 bridgehead atoms. The molecule has 0 radical (unpaired) electrons. The van der Waals surface area contributed by atoms with Gasteiger partial charge in [0.25, 0.3) is 10.1 Å². The van der Waals surface area contributed by atoms with E-state index in [2.05, 4.69) is 13.8 Å². The molecule has 2 aliphatic rings. The Labute approximate surface area is 126 Å². The average molecular weight is 312 g/mol. The number of benzene rings is 1. The van der Waals surface area contributed by atoms with Crippen molar-refractivity contribution in [1.29, 1.82) is 0 Å². The molecule has 2 N–H and O–H groups in total. The summed E-state index contributed by atoms with van der Waals surface area (Å²) >= 11 is 0. The number of fused-ring (bicyclic) bond motifs is 2. The van der Waals surface area contributed by atoms with E-state index in [9.17, 15) is 13.5 Å². The van der Waals surface area contributed by atoms with Gasteiger partial charge < -0.3 is 5.11 Å². The summed E-state index contributed by atoms with van der Waals surface area (Å²) in [5.74, 6) is 1.42. The smallest absolute Gasteiger partial charge is 0.294 e. The zero-order valence-electron chi connectivity index (χ0n) is 12.8. The topological polar surface area (TPSA) is 74.6 Å². The molecular weight excluding hydrogens is 288 g/mol. The summed E-state index contributed by atoms with van der Waals surface area (Å²) in [7, 11) is -4.02. The van der Waals surface area contributed by atoms with Crippen molar-refractivity contribution in [3.63, 3.8) is 0 Å². The Bertz CT molecular complexity index is 589. The molecule has 0 spiro atoms. The molecule has 2 aliphatic carbocycles. The van der Waals surface area contributed by atoms with E-state index >= 15 is 0 Å². The SMILES string of the molecule is CC1(C)C2CCC1C(O)C2.Cc1ccc(S(=O)(=O)O)cc1. The molecule has 3 rings (SSSR count). The highest BCUT2D eigenvalue weighted by Gasteiger charge is 2.52. The van der Waals surface area contributed by atoms with Crippen molar-refractivity contribution in [1.82, 2.24) is 0 Å². The molecule has 3 atom stereocenters. The largest absolute Gasteiger partial charge is 0.393 e. The van der Waals surface area contributed by atoms with E-state index in [4.69, 9.17) is 4.55 Å². The Balaban J connectivity index is 0.000000154. The molecule has 1 aromatic rings. The summed E-state index contributed by atoms with van der Waals surface area (Å²) in [6.45, 7) is 6.46. The molecule has 2 saturated carbocycles. The van der Waals surface area contributed by atoms with Gasteiger partial charge in [-0.05, 0) is 55.6 Å². The molecule has 5 heteroatoms. The van der Waals surface area contributed by atoms with Gasteiger partial charge in [0.2, 0.25) is 0 Å². The Kier molecular flexibility index (Phi) is 4.47. The standard InChI is InChI=1S/C9H16O.C7H8O3S/c1-9(2)6-3-4-7(9)8(10)5-6;1-6-2-4-7(5-3-6)11(8,9)10/h6-8,10H,3-5H2,1-2H3;2-5H,1H3,(H,8,9,10). The molecular formula is C16H24O4S. The predicted octanol–water partition coefficient (Wildman–Crippen LogP) is 3.05. The summed E-state index contributed by atoms with van der Waals surface area (Å²) in [5.41, 5.74) is 1.40. The first-order valence-electron chi connectivity index (χ1n) is 7.34. The van der Waals surface area contributed by atoms with Crippen LogP contribution in [0.4, 0.5) is 0 Å². The zero-order valence-corrected chi connectivity index (χ0v) is 13.6.